The average molecular weight is 516 g/mol. The van der Waals surface area contributed by atoms with Gasteiger partial charge in [-0.25, -0.2) is 4.79 Å². The van der Waals surface area contributed by atoms with E-state index in [-0.39, 0.29) is 41.4 Å². The number of aromatic hydroxyl groups is 2. The van der Waals surface area contributed by atoms with Crippen LogP contribution in [0, 0.1) is 0 Å². The van der Waals surface area contributed by atoms with Gasteiger partial charge in [0.2, 0.25) is 6.29 Å². The Kier molecular flexibility index (Phi) is 7.42. The van der Waals surface area contributed by atoms with Crippen LogP contribution in [0.4, 0.5) is 0 Å². The Morgan fingerprint density at radius 1 is 1.08 bits per heavy atom. The first kappa shape index (κ1) is 26.4. The molecule has 0 bridgehead atoms. The molecule has 2 unspecified atom stereocenters. The second kappa shape index (κ2) is 10.4. The second-order valence-electron chi connectivity index (χ2n) is 9.24. The Morgan fingerprint density at radius 3 is 2.38 bits per heavy atom. The van der Waals surface area contributed by atoms with Gasteiger partial charge in [0, 0.05) is 11.6 Å². The highest BCUT2D eigenvalue weighted by Gasteiger charge is 2.48. The number of aliphatic hydroxyl groups is 3. The minimum atomic E-state index is -1.90. The van der Waals surface area contributed by atoms with Crippen molar-refractivity contribution in [2.75, 3.05) is 0 Å². The lowest BCUT2D eigenvalue weighted by molar-refractivity contribution is -0.271. The van der Waals surface area contributed by atoms with Crippen LogP contribution in [-0.4, -0.2) is 73.1 Å². The summed E-state index contributed by atoms with van der Waals surface area (Å²) in [6, 6.07) is 7.28. The molecule has 11 heteroatoms. The van der Waals surface area contributed by atoms with Crippen LogP contribution in [0.5, 0.6) is 23.0 Å². The Morgan fingerprint density at radius 2 is 1.76 bits per heavy atom. The molecule has 0 spiro atoms. The molecule has 2 aliphatic rings. The molecule has 0 aromatic heterocycles. The molecule has 4 rings (SSSR count). The Hall–Kier alpha value is -3.64. The van der Waals surface area contributed by atoms with Gasteiger partial charge in [0.1, 0.15) is 53.0 Å². The van der Waals surface area contributed by atoms with Gasteiger partial charge in [0.05, 0.1) is 6.42 Å². The van der Waals surface area contributed by atoms with E-state index in [1.165, 1.54) is 12.1 Å². The van der Waals surface area contributed by atoms with Gasteiger partial charge >= 0.3 is 5.97 Å². The molecule has 6 N–H and O–H groups in total. The van der Waals surface area contributed by atoms with Crippen LogP contribution in [0.25, 0.3) is 0 Å². The monoisotopic (exact) mass is 516 g/mol. The number of carbonyl (C=O) groups is 2. The standard InChI is InChI=1S/C26H28O11/c1-11(2)3-8-14-18(36-26-22(32)20(30)21(31)24(37-26)25(33)34)10-16(29)19-15(28)9-17(35-23(14)19)12-4-6-13(27)7-5-12/h3-7,10,17,20-22,24,26-27,29-32H,8-9H2,1-2H3,(H,33,34)/t17?,20-,21-,22+,24?,26+/m0/s1. The van der Waals surface area contributed by atoms with Crippen LogP contribution in [0.15, 0.2) is 42.0 Å². The fourth-order valence-electron chi connectivity index (χ4n) is 4.27. The number of benzene rings is 2. The van der Waals surface area contributed by atoms with Gasteiger partial charge in [-0.3, -0.25) is 4.79 Å². The summed E-state index contributed by atoms with van der Waals surface area (Å²) in [4.78, 5) is 24.5. The molecule has 0 amide bonds. The summed E-state index contributed by atoms with van der Waals surface area (Å²) < 4.78 is 17.1. The number of carboxylic acids is 1. The Balaban J connectivity index is 1.77. The van der Waals surface area contributed by atoms with Gasteiger partial charge in [0.25, 0.3) is 0 Å². The van der Waals surface area contributed by atoms with Gasteiger partial charge in [-0.1, -0.05) is 23.8 Å². The molecule has 2 aliphatic heterocycles. The van der Waals surface area contributed by atoms with Crippen LogP contribution in [-0.2, 0) is 16.0 Å². The molecular weight excluding hydrogens is 488 g/mol. The number of Topliss-reactive ketones (excluding diaryl/α,β-unsaturated/α-hetero) is 1. The Bertz CT molecular complexity index is 1220. The first-order valence-electron chi connectivity index (χ1n) is 11.6. The first-order chi connectivity index (χ1) is 17.5. The fourth-order valence-corrected chi connectivity index (χ4v) is 4.27. The molecule has 198 valence electrons. The molecule has 0 radical (unpaired) electrons. The molecule has 37 heavy (non-hydrogen) atoms. The minimum absolute atomic E-state index is 0.0434. The van der Waals surface area contributed by atoms with Crippen molar-refractivity contribution in [2.24, 2.45) is 0 Å². The number of fused-ring (bicyclic) bond motifs is 1. The molecule has 2 aromatic carbocycles. The average Bonchev–Trinajstić information content (AvgIpc) is 2.83. The van der Waals surface area contributed by atoms with Crippen molar-refractivity contribution in [1.82, 2.24) is 0 Å². The number of hydrogen-bond donors (Lipinski definition) is 6. The normalized spacial score (nSPS) is 27.1. The lowest BCUT2D eigenvalue weighted by Gasteiger charge is -2.39. The predicted octanol–water partition coefficient (Wildman–Crippen LogP) is 1.58. The van der Waals surface area contributed by atoms with E-state index in [9.17, 15) is 40.2 Å². The maximum atomic E-state index is 13.1. The zero-order valence-electron chi connectivity index (χ0n) is 20.1. The number of allylic oxidation sites excluding steroid dienone is 2. The molecule has 1 saturated heterocycles. The second-order valence-corrected chi connectivity index (χ2v) is 9.24. The predicted molar refractivity (Wildman–Crippen MR) is 127 cm³/mol. The highest BCUT2D eigenvalue weighted by Crippen LogP contribution is 2.46. The summed E-state index contributed by atoms with van der Waals surface area (Å²) >= 11 is 0. The molecule has 6 atom stereocenters. The minimum Gasteiger partial charge on any atom is -0.508 e. The van der Waals surface area contributed by atoms with Gasteiger partial charge < -0.3 is 44.8 Å². The maximum Gasteiger partial charge on any atom is 0.335 e. The highest BCUT2D eigenvalue weighted by atomic mass is 16.7. The smallest absolute Gasteiger partial charge is 0.335 e. The molecular formula is C26H28O11. The lowest BCUT2D eigenvalue weighted by Crippen LogP contribution is -2.61. The molecule has 0 saturated carbocycles. The van der Waals surface area contributed by atoms with Crippen molar-refractivity contribution in [3.05, 3.63) is 58.7 Å². The number of phenols is 2. The fraction of sp³-hybridized carbons (Fsp3) is 0.385. The third-order valence-electron chi connectivity index (χ3n) is 6.27. The number of aliphatic hydroxyl groups excluding tert-OH is 3. The number of aliphatic carboxylic acids is 1. The van der Waals surface area contributed by atoms with Gasteiger partial charge in [-0.2, -0.15) is 0 Å². The summed E-state index contributed by atoms with van der Waals surface area (Å²) in [7, 11) is 0. The highest BCUT2D eigenvalue weighted by molar-refractivity contribution is 6.03. The van der Waals surface area contributed by atoms with Gasteiger partial charge in [-0.15, -0.1) is 0 Å². The van der Waals surface area contributed by atoms with Crippen molar-refractivity contribution in [1.29, 1.82) is 0 Å². The van der Waals surface area contributed by atoms with E-state index >= 15 is 0 Å². The largest absolute Gasteiger partial charge is 0.508 e. The van der Waals surface area contributed by atoms with Crippen molar-refractivity contribution >= 4 is 11.8 Å². The van der Waals surface area contributed by atoms with Crippen molar-refractivity contribution in [2.45, 2.75) is 63.5 Å². The third-order valence-corrected chi connectivity index (χ3v) is 6.27. The topological polar surface area (TPSA) is 183 Å². The number of rotatable bonds is 6. The molecule has 2 aromatic rings. The molecule has 11 nitrogen and oxygen atoms in total. The van der Waals surface area contributed by atoms with Gasteiger partial charge in [0.15, 0.2) is 11.9 Å². The molecule has 2 heterocycles. The third kappa shape index (κ3) is 5.25. The van der Waals surface area contributed by atoms with Crippen LogP contribution in [0.3, 0.4) is 0 Å². The zero-order valence-corrected chi connectivity index (χ0v) is 20.1. The van der Waals surface area contributed by atoms with E-state index in [4.69, 9.17) is 14.2 Å². The Labute approximate surface area is 211 Å². The lowest BCUT2D eigenvalue weighted by atomic mass is 9.92. The SMILES string of the molecule is CC(C)=CCc1c(O[C@@H]2OC(C(=O)O)[C@@H](O)[C@H](O)[C@H]2O)cc(O)c2c1OC(c1ccc(O)cc1)CC2=O. The zero-order chi connectivity index (χ0) is 27.0. The summed E-state index contributed by atoms with van der Waals surface area (Å²) in [6.07, 6.45) is -8.03. The van der Waals surface area contributed by atoms with Crippen molar-refractivity contribution < 1.29 is 54.4 Å². The van der Waals surface area contributed by atoms with Gasteiger partial charge in [-0.05, 0) is 38.0 Å². The van der Waals surface area contributed by atoms with Crippen LogP contribution in [0.2, 0.25) is 0 Å². The van der Waals surface area contributed by atoms with Crippen molar-refractivity contribution in [3.8, 4) is 23.0 Å². The summed E-state index contributed by atoms with van der Waals surface area (Å²) in [5.74, 6) is -2.41. The van der Waals surface area contributed by atoms with Crippen LogP contribution in [0.1, 0.15) is 47.9 Å². The summed E-state index contributed by atoms with van der Waals surface area (Å²) in [5.41, 5.74) is 1.80. The maximum absolute atomic E-state index is 13.1. The number of carbonyl (C=O) groups excluding carboxylic acids is 1. The number of ketones is 1. The van der Waals surface area contributed by atoms with E-state index in [0.717, 1.165) is 11.6 Å². The number of ether oxygens (including phenoxy) is 3. The van der Waals surface area contributed by atoms with E-state index in [1.54, 1.807) is 12.1 Å². The van der Waals surface area contributed by atoms with E-state index in [0.29, 0.717) is 11.1 Å². The van der Waals surface area contributed by atoms with E-state index in [2.05, 4.69) is 0 Å². The van der Waals surface area contributed by atoms with E-state index < -0.39 is 48.5 Å². The summed E-state index contributed by atoms with van der Waals surface area (Å²) in [6.45, 7) is 3.70. The van der Waals surface area contributed by atoms with Crippen molar-refractivity contribution in [3.63, 3.8) is 0 Å². The quantitative estimate of drug-likeness (QED) is 0.307. The number of carboxylic acid groups (broad SMARTS) is 1. The van der Waals surface area contributed by atoms with Crippen LogP contribution >= 0.6 is 0 Å². The van der Waals surface area contributed by atoms with Crippen LogP contribution < -0.4 is 9.47 Å². The first-order valence-corrected chi connectivity index (χ1v) is 11.6. The molecule has 1 fully saturated rings. The summed E-state index contributed by atoms with van der Waals surface area (Å²) in [5, 5.41) is 60.2. The van der Waals surface area contributed by atoms with E-state index in [1.807, 2.05) is 19.9 Å². The molecule has 0 aliphatic carbocycles. The number of hydrogen-bond acceptors (Lipinski definition) is 10. The number of phenolic OH excluding ortho intramolecular Hbond substituents is 2.